The molecule has 0 radical (unpaired) electrons. The minimum absolute atomic E-state index is 0.526. The van der Waals surface area contributed by atoms with Gasteiger partial charge in [-0.1, -0.05) is 18.2 Å². The number of hydrogen-bond acceptors (Lipinski definition) is 4. The summed E-state index contributed by atoms with van der Waals surface area (Å²) >= 11 is 0. The Bertz CT molecular complexity index is 665. The molecule has 0 bridgehead atoms. The molecule has 0 saturated carbocycles. The van der Waals surface area contributed by atoms with Crippen LogP contribution in [-0.4, -0.2) is 56.7 Å². The van der Waals surface area contributed by atoms with E-state index in [1.54, 1.807) is 6.26 Å². The number of furan rings is 1. The van der Waals surface area contributed by atoms with Crippen LogP contribution < -0.4 is 10.2 Å². The number of aliphatic imine (C=N–C) groups is 1. The van der Waals surface area contributed by atoms with E-state index in [4.69, 9.17) is 14.1 Å². The molecular formula is C21H30N4O2. The molecule has 1 aromatic heterocycles. The van der Waals surface area contributed by atoms with Crippen molar-refractivity contribution in [2.45, 2.75) is 20.0 Å². The molecule has 3 rings (SSSR count). The fraction of sp³-hybridized carbons (Fsp3) is 0.476. The predicted molar refractivity (Wildman–Crippen MR) is 109 cm³/mol. The highest BCUT2D eigenvalue weighted by Gasteiger charge is 2.19. The molecule has 0 unspecified atom stereocenters. The van der Waals surface area contributed by atoms with Crippen molar-refractivity contribution >= 4 is 11.6 Å². The molecule has 146 valence electrons. The second-order valence-corrected chi connectivity index (χ2v) is 6.53. The third-order valence-corrected chi connectivity index (χ3v) is 4.57. The van der Waals surface area contributed by atoms with Crippen molar-refractivity contribution in [2.24, 2.45) is 4.99 Å². The van der Waals surface area contributed by atoms with Gasteiger partial charge < -0.3 is 24.3 Å². The van der Waals surface area contributed by atoms with Crippen molar-refractivity contribution in [1.29, 1.82) is 0 Å². The fourth-order valence-electron chi connectivity index (χ4n) is 3.16. The van der Waals surface area contributed by atoms with Crippen molar-refractivity contribution < 1.29 is 9.15 Å². The molecule has 1 saturated heterocycles. The summed E-state index contributed by atoms with van der Waals surface area (Å²) in [7, 11) is 0. The highest BCUT2D eigenvalue weighted by atomic mass is 16.5. The van der Waals surface area contributed by atoms with E-state index in [0.29, 0.717) is 13.2 Å². The lowest BCUT2D eigenvalue weighted by Gasteiger charge is -2.37. The number of guanidine groups is 1. The van der Waals surface area contributed by atoms with Crippen LogP contribution in [0.3, 0.4) is 0 Å². The number of benzene rings is 1. The van der Waals surface area contributed by atoms with Gasteiger partial charge in [0.2, 0.25) is 0 Å². The van der Waals surface area contributed by atoms with Crippen LogP contribution in [0.15, 0.2) is 58.1 Å². The molecule has 2 heterocycles. The number of piperazine rings is 1. The highest BCUT2D eigenvalue weighted by Crippen LogP contribution is 2.15. The van der Waals surface area contributed by atoms with E-state index < -0.39 is 0 Å². The molecule has 1 aliphatic rings. The SMILES string of the molecule is CCNC(=NCCCOCc1ccco1)N1CCN(c2ccccc2)CC1. The molecule has 0 amide bonds. The lowest BCUT2D eigenvalue weighted by Crippen LogP contribution is -2.52. The normalized spacial score (nSPS) is 15.2. The molecule has 0 spiro atoms. The Labute approximate surface area is 161 Å². The zero-order valence-electron chi connectivity index (χ0n) is 16.1. The summed E-state index contributed by atoms with van der Waals surface area (Å²) in [5, 5.41) is 3.42. The molecule has 1 aromatic carbocycles. The van der Waals surface area contributed by atoms with Crippen LogP contribution in [0.1, 0.15) is 19.1 Å². The largest absolute Gasteiger partial charge is 0.467 e. The van der Waals surface area contributed by atoms with Crippen molar-refractivity contribution in [3.05, 3.63) is 54.5 Å². The van der Waals surface area contributed by atoms with Crippen LogP contribution in [-0.2, 0) is 11.3 Å². The van der Waals surface area contributed by atoms with Gasteiger partial charge in [-0.25, -0.2) is 0 Å². The lowest BCUT2D eigenvalue weighted by atomic mass is 10.2. The minimum Gasteiger partial charge on any atom is -0.467 e. The first kappa shape index (κ1) is 19.3. The number of ether oxygens (including phenoxy) is 1. The second-order valence-electron chi connectivity index (χ2n) is 6.53. The van der Waals surface area contributed by atoms with E-state index in [1.807, 2.05) is 12.1 Å². The summed E-state index contributed by atoms with van der Waals surface area (Å²) in [6, 6.07) is 14.4. The van der Waals surface area contributed by atoms with E-state index in [2.05, 4.69) is 52.4 Å². The monoisotopic (exact) mass is 370 g/mol. The average Bonchev–Trinajstić information content (AvgIpc) is 3.24. The van der Waals surface area contributed by atoms with Gasteiger partial charge in [0.1, 0.15) is 12.4 Å². The van der Waals surface area contributed by atoms with Crippen molar-refractivity contribution in [3.8, 4) is 0 Å². The third kappa shape index (κ3) is 6.03. The molecule has 2 aromatic rings. The molecular weight excluding hydrogens is 340 g/mol. The van der Waals surface area contributed by atoms with Gasteiger partial charge in [0, 0.05) is 51.6 Å². The first-order chi connectivity index (χ1) is 13.4. The Morgan fingerprint density at radius 3 is 2.63 bits per heavy atom. The van der Waals surface area contributed by atoms with Crippen LogP contribution in [0.2, 0.25) is 0 Å². The number of hydrogen-bond donors (Lipinski definition) is 1. The van der Waals surface area contributed by atoms with Crippen LogP contribution in [0.25, 0.3) is 0 Å². The van der Waals surface area contributed by atoms with Crippen LogP contribution in [0.5, 0.6) is 0 Å². The van der Waals surface area contributed by atoms with E-state index in [0.717, 1.165) is 57.4 Å². The summed E-state index contributed by atoms with van der Waals surface area (Å²) in [5.41, 5.74) is 1.30. The number of nitrogens with zero attached hydrogens (tertiary/aromatic N) is 3. The van der Waals surface area contributed by atoms with Gasteiger partial charge >= 0.3 is 0 Å². The Morgan fingerprint density at radius 2 is 1.93 bits per heavy atom. The van der Waals surface area contributed by atoms with Gasteiger partial charge in [-0.15, -0.1) is 0 Å². The van der Waals surface area contributed by atoms with Crippen LogP contribution in [0.4, 0.5) is 5.69 Å². The predicted octanol–water partition coefficient (Wildman–Crippen LogP) is 2.97. The molecule has 0 aliphatic carbocycles. The second kappa shape index (κ2) is 10.6. The highest BCUT2D eigenvalue weighted by molar-refractivity contribution is 5.80. The van der Waals surface area contributed by atoms with Gasteiger partial charge in [0.15, 0.2) is 5.96 Å². The molecule has 1 fully saturated rings. The number of nitrogens with one attached hydrogen (secondary N) is 1. The zero-order valence-corrected chi connectivity index (χ0v) is 16.1. The standard InChI is InChI=1S/C21H30N4O2/c1-2-22-21(23-11-7-16-26-18-20-10-6-17-27-20)25-14-12-24(13-15-25)19-8-4-3-5-9-19/h3-6,8-10,17H,2,7,11-16,18H2,1H3,(H,22,23). The maximum Gasteiger partial charge on any atom is 0.194 e. The smallest absolute Gasteiger partial charge is 0.194 e. The maximum absolute atomic E-state index is 5.62. The lowest BCUT2D eigenvalue weighted by molar-refractivity contribution is 0.105. The van der Waals surface area contributed by atoms with Gasteiger partial charge in [-0.05, 0) is 37.6 Å². The third-order valence-electron chi connectivity index (χ3n) is 4.57. The summed E-state index contributed by atoms with van der Waals surface area (Å²) in [5.74, 6) is 1.87. The van der Waals surface area contributed by atoms with Crippen molar-refractivity contribution in [3.63, 3.8) is 0 Å². The Balaban J connectivity index is 1.40. The van der Waals surface area contributed by atoms with Crippen molar-refractivity contribution in [1.82, 2.24) is 10.2 Å². The fourth-order valence-corrected chi connectivity index (χ4v) is 3.16. The average molecular weight is 370 g/mol. The van der Waals surface area contributed by atoms with Crippen LogP contribution >= 0.6 is 0 Å². The van der Waals surface area contributed by atoms with Gasteiger partial charge in [-0.2, -0.15) is 0 Å². The van der Waals surface area contributed by atoms with Crippen molar-refractivity contribution in [2.75, 3.05) is 50.8 Å². The number of rotatable bonds is 8. The quantitative estimate of drug-likeness (QED) is 0.440. The minimum atomic E-state index is 0.526. The summed E-state index contributed by atoms with van der Waals surface area (Å²) < 4.78 is 10.9. The first-order valence-corrected chi connectivity index (χ1v) is 9.80. The summed E-state index contributed by atoms with van der Waals surface area (Å²) in [6.07, 6.45) is 2.57. The Morgan fingerprint density at radius 1 is 1.11 bits per heavy atom. The molecule has 6 heteroatoms. The number of anilines is 1. The molecule has 1 N–H and O–H groups in total. The van der Waals surface area contributed by atoms with E-state index in [1.165, 1.54) is 5.69 Å². The molecule has 6 nitrogen and oxygen atoms in total. The van der Waals surface area contributed by atoms with E-state index >= 15 is 0 Å². The Kier molecular flexibility index (Phi) is 7.59. The molecule has 0 atom stereocenters. The first-order valence-electron chi connectivity index (χ1n) is 9.80. The molecule has 1 aliphatic heterocycles. The van der Waals surface area contributed by atoms with Gasteiger partial charge in [0.25, 0.3) is 0 Å². The van der Waals surface area contributed by atoms with E-state index in [9.17, 15) is 0 Å². The summed E-state index contributed by atoms with van der Waals surface area (Å²) in [4.78, 5) is 9.57. The number of para-hydroxylation sites is 1. The zero-order chi connectivity index (χ0) is 18.7. The van der Waals surface area contributed by atoms with Gasteiger partial charge in [0.05, 0.1) is 6.26 Å². The van der Waals surface area contributed by atoms with Gasteiger partial charge in [-0.3, -0.25) is 4.99 Å². The summed E-state index contributed by atoms with van der Waals surface area (Å²) in [6.45, 7) is 8.96. The topological polar surface area (TPSA) is 53.2 Å². The molecule has 27 heavy (non-hydrogen) atoms. The Hall–Kier alpha value is -2.47. The van der Waals surface area contributed by atoms with E-state index in [-0.39, 0.29) is 0 Å². The van der Waals surface area contributed by atoms with Crippen LogP contribution in [0, 0.1) is 0 Å². The maximum atomic E-state index is 5.62.